The number of nitrogens with zero attached hydrogens (tertiary/aromatic N) is 2. The van der Waals surface area contributed by atoms with Gasteiger partial charge in [0.25, 0.3) is 5.91 Å². The van der Waals surface area contributed by atoms with Gasteiger partial charge in [-0.05, 0) is 12.5 Å². The smallest absolute Gasteiger partial charge is 0.271 e. The number of amides is 1. The van der Waals surface area contributed by atoms with Gasteiger partial charge in [0.05, 0.1) is 0 Å². The lowest BCUT2D eigenvalue weighted by atomic mass is 9.93. The summed E-state index contributed by atoms with van der Waals surface area (Å²) in [6, 6.07) is 1.69. The maximum Gasteiger partial charge on any atom is 0.271 e. The first-order valence-corrected chi connectivity index (χ1v) is 5.53. The molecule has 1 amide bonds. The molecule has 1 atom stereocenters. The Balaban J connectivity index is 2.06. The van der Waals surface area contributed by atoms with Crippen molar-refractivity contribution in [1.82, 2.24) is 15.1 Å². The van der Waals surface area contributed by atoms with Gasteiger partial charge < -0.3 is 4.90 Å². The minimum atomic E-state index is 0.0151. The summed E-state index contributed by atoms with van der Waals surface area (Å²) in [4.78, 5) is 13.8. The molecule has 82 valence electrons. The number of nitrogens with one attached hydrogen (secondary N) is 1. The van der Waals surface area contributed by atoms with Gasteiger partial charge in [0.1, 0.15) is 5.69 Å². The van der Waals surface area contributed by atoms with E-state index in [2.05, 4.69) is 17.1 Å². The van der Waals surface area contributed by atoms with Crippen molar-refractivity contribution in [2.45, 2.75) is 13.3 Å². The first-order valence-electron chi connectivity index (χ1n) is 4.99. The molecule has 0 aromatic carbocycles. The summed E-state index contributed by atoms with van der Waals surface area (Å²) < 4.78 is 0. The standard InChI is InChI=1S/C10H14ClN3O/c1-10(6-11)3-5-14(7-10)9(15)8-2-4-12-13-8/h2,4H,3,5-7H2,1H3,(H,12,13). The maximum absolute atomic E-state index is 11.9. The molecule has 1 fully saturated rings. The summed E-state index contributed by atoms with van der Waals surface area (Å²) in [6.45, 7) is 3.62. The first kappa shape index (κ1) is 10.5. The van der Waals surface area contributed by atoms with Crippen LogP contribution in [-0.2, 0) is 0 Å². The van der Waals surface area contributed by atoms with E-state index >= 15 is 0 Å². The molecule has 2 rings (SSSR count). The lowest BCUT2D eigenvalue weighted by molar-refractivity contribution is 0.0773. The quantitative estimate of drug-likeness (QED) is 0.779. The Kier molecular flexibility index (Phi) is 2.69. The third-order valence-electron chi connectivity index (χ3n) is 2.90. The molecule has 5 heteroatoms. The van der Waals surface area contributed by atoms with Crippen molar-refractivity contribution < 1.29 is 4.79 Å². The highest BCUT2D eigenvalue weighted by Crippen LogP contribution is 2.31. The average Bonchev–Trinajstić information content (AvgIpc) is 2.86. The number of carbonyl (C=O) groups is 1. The van der Waals surface area contributed by atoms with Crippen molar-refractivity contribution in [2.75, 3.05) is 19.0 Å². The fourth-order valence-corrected chi connectivity index (χ4v) is 2.07. The zero-order chi connectivity index (χ0) is 10.9. The molecule has 1 unspecified atom stereocenters. The highest BCUT2D eigenvalue weighted by Gasteiger charge is 2.35. The molecule has 0 bridgehead atoms. The molecule has 1 saturated heterocycles. The van der Waals surface area contributed by atoms with Crippen molar-refractivity contribution in [3.63, 3.8) is 0 Å². The maximum atomic E-state index is 11.9. The van der Waals surface area contributed by atoms with Crippen LogP contribution in [0, 0.1) is 5.41 Å². The van der Waals surface area contributed by atoms with Crippen LogP contribution in [-0.4, -0.2) is 40.0 Å². The molecule has 1 N–H and O–H groups in total. The van der Waals surface area contributed by atoms with Crippen molar-refractivity contribution in [2.24, 2.45) is 5.41 Å². The number of aromatic nitrogens is 2. The van der Waals surface area contributed by atoms with E-state index < -0.39 is 0 Å². The molecule has 0 aliphatic carbocycles. The summed E-state index contributed by atoms with van der Waals surface area (Å²) in [5.41, 5.74) is 0.617. The van der Waals surface area contributed by atoms with Crippen LogP contribution in [0.5, 0.6) is 0 Å². The van der Waals surface area contributed by atoms with Crippen LogP contribution >= 0.6 is 11.6 Å². The molecular weight excluding hydrogens is 214 g/mol. The van der Waals surface area contributed by atoms with E-state index in [0.717, 1.165) is 19.5 Å². The Morgan fingerprint density at radius 1 is 1.80 bits per heavy atom. The second-order valence-corrected chi connectivity index (χ2v) is 4.66. The Hall–Kier alpha value is -1.03. The Morgan fingerprint density at radius 3 is 3.13 bits per heavy atom. The van der Waals surface area contributed by atoms with E-state index in [1.165, 1.54) is 0 Å². The van der Waals surface area contributed by atoms with Crippen LogP contribution in [0.2, 0.25) is 0 Å². The molecule has 1 aromatic rings. The van der Waals surface area contributed by atoms with Crippen LogP contribution < -0.4 is 0 Å². The van der Waals surface area contributed by atoms with Crippen molar-refractivity contribution in [1.29, 1.82) is 0 Å². The fraction of sp³-hybridized carbons (Fsp3) is 0.600. The van der Waals surface area contributed by atoms with Crippen LogP contribution in [0.3, 0.4) is 0 Å². The molecule has 0 spiro atoms. The third-order valence-corrected chi connectivity index (χ3v) is 3.54. The number of hydrogen-bond donors (Lipinski definition) is 1. The van der Waals surface area contributed by atoms with Gasteiger partial charge in [-0.3, -0.25) is 9.89 Å². The van der Waals surface area contributed by atoms with Crippen molar-refractivity contribution in [3.05, 3.63) is 18.0 Å². The average molecular weight is 228 g/mol. The van der Waals surface area contributed by atoms with E-state index in [1.807, 2.05) is 4.90 Å². The van der Waals surface area contributed by atoms with E-state index in [9.17, 15) is 4.79 Å². The molecular formula is C10H14ClN3O. The predicted molar refractivity (Wildman–Crippen MR) is 57.9 cm³/mol. The predicted octanol–water partition coefficient (Wildman–Crippen LogP) is 1.50. The Morgan fingerprint density at radius 2 is 2.60 bits per heavy atom. The van der Waals surface area contributed by atoms with Crippen LogP contribution in [0.1, 0.15) is 23.8 Å². The lowest BCUT2D eigenvalue weighted by Crippen LogP contribution is -2.31. The number of carbonyl (C=O) groups excluding carboxylic acids is 1. The number of likely N-dealkylation sites (tertiary alicyclic amines) is 1. The second-order valence-electron chi connectivity index (χ2n) is 4.39. The molecule has 0 saturated carbocycles. The molecule has 4 nitrogen and oxygen atoms in total. The van der Waals surface area contributed by atoms with E-state index in [1.54, 1.807) is 12.3 Å². The normalized spacial score (nSPS) is 25.9. The topological polar surface area (TPSA) is 49.0 Å². The number of halogens is 1. The molecule has 1 aliphatic rings. The van der Waals surface area contributed by atoms with Gasteiger partial charge in [0, 0.05) is 30.6 Å². The van der Waals surface area contributed by atoms with E-state index in [4.69, 9.17) is 11.6 Å². The van der Waals surface area contributed by atoms with Gasteiger partial charge >= 0.3 is 0 Å². The van der Waals surface area contributed by atoms with Gasteiger partial charge in [-0.15, -0.1) is 11.6 Å². The molecule has 15 heavy (non-hydrogen) atoms. The summed E-state index contributed by atoms with van der Waals surface area (Å²) in [7, 11) is 0. The van der Waals surface area contributed by atoms with Crippen LogP contribution in [0.4, 0.5) is 0 Å². The number of H-pyrrole nitrogens is 1. The van der Waals surface area contributed by atoms with Gasteiger partial charge in [-0.25, -0.2) is 0 Å². The van der Waals surface area contributed by atoms with Crippen LogP contribution in [0.25, 0.3) is 0 Å². The SMILES string of the molecule is CC1(CCl)CCN(C(=O)c2ccn[nH]2)C1. The number of rotatable bonds is 2. The van der Waals surface area contributed by atoms with Gasteiger partial charge in [-0.1, -0.05) is 6.92 Å². The second kappa shape index (κ2) is 3.85. The van der Waals surface area contributed by atoms with Crippen LogP contribution in [0.15, 0.2) is 12.3 Å². The fourth-order valence-electron chi connectivity index (χ4n) is 1.85. The molecule has 1 aromatic heterocycles. The molecule has 0 radical (unpaired) electrons. The minimum absolute atomic E-state index is 0.0151. The summed E-state index contributed by atoms with van der Waals surface area (Å²) in [5, 5.41) is 6.46. The highest BCUT2D eigenvalue weighted by atomic mass is 35.5. The summed E-state index contributed by atoms with van der Waals surface area (Å²) in [6.07, 6.45) is 2.56. The van der Waals surface area contributed by atoms with E-state index in [0.29, 0.717) is 11.6 Å². The van der Waals surface area contributed by atoms with Gasteiger partial charge in [0.2, 0.25) is 0 Å². The number of aromatic amines is 1. The number of hydrogen-bond acceptors (Lipinski definition) is 2. The molecule has 2 heterocycles. The zero-order valence-electron chi connectivity index (χ0n) is 8.66. The summed E-state index contributed by atoms with van der Waals surface area (Å²) in [5.74, 6) is 0.612. The zero-order valence-corrected chi connectivity index (χ0v) is 9.42. The third kappa shape index (κ3) is 2.00. The van der Waals surface area contributed by atoms with Gasteiger partial charge in [-0.2, -0.15) is 5.10 Å². The van der Waals surface area contributed by atoms with E-state index in [-0.39, 0.29) is 11.3 Å². The minimum Gasteiger partial charge on any atom is -0.337 e. The first-order chi connectivity index (χ1) is 7.14. The summed E-state index contributed by atoms with van der Waals surface area (Å²) >= 11 is 5.89. The lowest BCUT2D eigenvalue weighted by Gasteiger charge is -2.21. The monoisotopic (exact) mass is 227 g/mol. The largest absolute Gasteiger partial charge is 0.337 e. The van der Waals surface area contributed by atoms with Crippen molar-refractivity contribution >= 4 is 17.5 Å². The van der Waals surface area contributed by atoms with Crippen molar-refractivity contribution in [3.8, 4) is 0 Å². The highest BCUT2D eigenvalue weighted by molar-refractivity contribution is 6.18. The Labute approximate surface area is 93.6 Å². The number of alkyl halides is 1. The Bertz CT molecular complexity index is 352. The molecule has 1 aliphatic heterocycles. The van der Waals surface area contributed by atoms with Gasteiger partial charge in [0.15, 0.2) is 0 Å².